The highest BCUT2D eigenvalue weighted by atomic mass is 16.4. The molecule has 0 bridgehead atoms. The Balaban J connectivity index is 3.48. The number of nitrogens with two attached hydrogens (primary N) is 1. The van der Waals surface area contributed by atoms with Crippen LogP contribution >= 0.6 is 0 Å². The molecule has 14 heavy (non-hydrogen) atoms. The quantitative estimate of drug-likeness (QED) is 0.580. The summed E-state index contributed by atoms with van der Waals surface area (Å²) < 4.78 is 0. The molecule has 0 aliphatic carbocycles. The van der Waals surface area contributed by atoms with Gasteiger partial charge in [-0.3, -0.25) is 9.59 Å². The summed E-state index contributed by atoms with van der Waals surface area (Å²) in [5.41, 5.74) is 5.27. The van der Waals surface area contributed by atoms with Crippen molar-refractivity contribution in [1.82, 2.24) is 0 Å². The molecule has 1 atom stereocenters. The number of hydrogen-bond donors (Lipinski definition) is 2. The van der Waals surface area contributed by atoms with Gasteiger partial charge in [-0.2, -0.15) is 0 Å². The van der Waals surface area contributed by atoms with E-state index in [0.29, 0.717) is 6.42 Å². The maximum absolute atomic E-state index is 11.2. The van der Waals surface area contributed by atoms with Crippen LogP contribution in [0.5, 0.6) is 0 Å². The third kappa shape index (κ3) is 6.60. The Morgan fingerprint density at radius 2 is 1.93 bits per heavy atom. The van der Waals surface area contributed by atoms with Gasteiger partial charge >= 0.3 is 5.97 Å². The molecule has 0 fully saturated rings. The van der Waals surface area contributed by atoms with Crippen LogP contribution in [0.25, 0.3) is 0 Å². The lowest BCUT2D eigenvalue weighted by molar-refractivity contribution is -0.138. The largest absolute Gasteiger partial charge is 0.480 e. The monoisotopic (exact) mass is 201 g/mol. The highest BCUT2D eigenvalue weighted by molar-refractivity contribution is 5.80. The van der Waals surface area contributed by atoms with Crippen LogP contribution in [-0.2, 0) is 9.59 Å². The fourth-order valence-corrected chi connectivity index (χ4v) is 1.14. The molecular weight excluding hydrogens is 182 g/mol. The van der Waals surface area contributed by atoms with Crippen LogP contribution in [0.2, 0.25) is 0 Å². The maximum Gasteiger partial charge on any atom is 0.320 e. The first kappa shape index (κ1) is 13.1. The van der Waals surface area contributed by atoms with Crippen LogP contribution in [0.3, 0.4) is 0 Å². The zero-order chi connectivity index (χ0) is 11.0. The predicted octanol–water partition coefficient (Wildman–Crippen LogP) is 1.33. The molecule has 0 saturated carbocycles. The molecule has 0 rings (SSSR count). The minimum Gasteiger partial charge on any atom is -0.480 e. The van der Waals surface area contributed by atoms with Crippen molar-refractivity contribution in [3.8, 4) is 0 Å². The van der Waals surface area contributed by atoms with Crippen LogP contribution in [0.4, 0.5) is 0 Å². The van der Waals surface area contributed by atoms with Gasteiger partial charge in [0.15, 0.2) is 0 Å². The fraction of sp³-hybridized carbons (Fsp3) is 0.800. The molecule has 0 radical (unpaired) electrons. The Kier molecular flexibility index (Phi) is 7.02. The van der Waals surface area contributed by atoms with Gasteiger partial charge in [-0.25, -0.2) is 0 Å². The SMILES string of the molecule is CCCCCC(=O)CCC(N)C(=O)O. The molecule has 4 heteroatoms. The van der Waals surface area contributed by atoms with Crippen molar-refractivity contribution >= 4 is 11.8 Å². The third-order valence-corrected chi connectivity index (χ3v) is 2.11. The summed E-state index contributed by atoms with van der Waals surface area (Å²) in [6.07, 6.45) is 4.13. The van der Waals surface area contributed by atoms with Gasteiger partial charge in [-0.1, -0.05) is 19.8 Å². The summed E-state index contributed by atoms with van der Waals surface area (Å²) >= 11 is 0. The van der Waals surface area contributed by atoms with Gasteiger partial charge in [0.25, 0.3) is 0 Å². The molecule has 82 valence electrons. The van der Waals surface area contributed by atoms with Gasteiger partial charge in [-0.15, -0.1) is 0 Å². The molecule has 0 spiro atoms. The molecule has 0 amide bonds. The number of Topliss-reactive ketones (excluding diaryl/α,β-unsaturated/α-hetero) is 1. The van der Waals surface area contributed by atoms with Crippen molar-refractivity contribution in [2.45, 2.75) is 51.5 Å². The second kappa shape index (κ2) is 7.50. The molecule has 4 nitrogen and oxygen atoms in total. The third-order valence-electron chi connectivity index (χ3n) is 2.11. The van der Waals surface area contributed by atoms with Crippen LogP contribution in [-0.4, -0.2) is 22.9 Å². The number of carboxylic acids is 1. The fourth-order valence-electron chi connectivity index (χ4n) is 1.14. The summed E-state index contributed by atoms with van der Waals surface area (Å²) in [5.74, 6) is -0.915. The van der Waals surface area contributed by atoms with E-state index in [-0.39, 0.29) is 18.6 Å². The minimum atomic E-state index is -1.04. The smallest absolute Gasteiger partial charge is 0.320 e. The first-order chi connectivity index (χ1) is 6.57. The Labute approximate surface area is 84.5 Å². The normalized spacial score (nSPS) is 12.4. The van der Waals surface area contributed by atoms with Crippen LogP contribution in [0.15, 0.2) is 0 Å². The lowest BCUT2D eigenvalue weighted by Crippen LogP contribution is -2.30. The van der Waals surface area contributed by atoms with Gasteiger partial charge in [-0.05, 0) is 12.8 Å². The van der Waals surface area contributed by atoms with Crippen LogP contribution in [0.1, 0.15) is 45.4 Å². The first-order valence-corrected chi connectivity index (χ1v) is 5.08. The highest BCUT2D eigenvalue weighted by Crippen LogP contribution is 2.04. The molecule has 0 heterocycles. The lowest BCUT2D eigenvalue weighted by Gasteiger charge is -2.04. The number of unbranched alkanes of at least 4 members (excludes halogenated alkanes) is 2. The molecule has 1 unspecified atom stereocenters. The zero-order valence-corrected chi connectivity index (χ0v) is 8.66. The number of ketones is 1. The topological polar surface area (TPSA) is 80.4 Å². The molecule has 0 aromatic rings. The van der Waals surface area contributed by atoms with Gasteiger partial charge < -0.3 is 10.8 Å². The highest BCUT2D eigenvalue weighted by Gasteiger charge is 2.12. The van der Waals surface area contributed by atoms with Crippen molar-refractivity contribution in [3.05, 3.63) is 0 Å². The maximum atomic E-state index is 11.2. The van der Waals surface area contributed by atoms with Gasteiger partial charge in [0, 0.05) is 12.8 Å². The Hall–Kier alpha value is -0.900. The van der Waals surface area contributed by atoms with E-state index in [2.05, 4.69) is 6.92 Å². The second-order valence-corrected chi connectivity index (χ2v) is 3.48. The van der Waals surface area contributed by atoms with E-state index < -0.39 is 12.0 Å². The van der Waals surface area contributed by atoms with Crippen LogP contribution < -0.4 is 5.73 Å². The molecule has 0 aliphatic heterocycles. The summed E-state index contributed by atoms with van der Waals surface area (Å²) in [6.45, 7) is 2.07. The standard InChI is InChI=1S/C10H19NO3/c1-2-3-4-5-8(12)6-7-9(11)10(13)14/h9H,2-7,11H2,1H3,(H,13,14). The number of carbonyl (C=O) groups excluding carboxylic acids is 1. The lowest BCUT2D eigenvalue weighted by atomic mass is 10.1. The minimum absolute atomic E-state index is 0.121. The summed E-state index contributed by atoms with van der Waals surface area (Å²) in [4.78, 5) is 21.5. The second-order valence-electron chi connectivity index (χ2n) is 3.48. The van der Waals surface area contributed by atoms with Crippen molar-refractivity contribution in [2.24, 2.45) is 5.73 Å². The number of carbonyl (C=O) groups is 2. The van der Waals surface area contributed by atoms with E-state index in [0.717, 1.165) is 19.3 Å². The number of rotatable bonds is 8. The van der Waals surface area contributed by atoms with Gasteiger partial charge in [0.05, 0.1) is 0 Å². The average molecular weight is 201 g/mol. The molecule has 3 N–H and O–H groups in total. The van der Waals surface area contributed by atoms with Crippen LogP contribution in [0, 0.1) is 0 Å². The van der Waals surface area contributed by atoms with E-state index in [1.54, 1.807) is 0 Å². The number of hydrogen-bond acceptors (Lipinski definition) is 3. The van der Waals surface area contributed by atoms with E-state index in [9.17, 15) is 9.59 Å². The molecule has 0 aromatic heterocycles. The Bertz CT molecular complexity index is 192. The van der Waals surface area contributed by atoms with Gasteiger partial charge in [0.2, 0.25) is 0 Å². The number of carboxylic acid groups (broad SMARTS) is 1. The molecule has 0 saturated heterocycles. The summed E-state index contributed by atoms with van der Waals surface area (Å²) in [5, 5.41) is 8.47. The average Bonchev–Trinajstić information content (AvgIpc) is 2.14. The van der Waals surface area contributed by atoms with E-state index in [4.69, 9.17) is 10.8 Å². The van der Waals surface area contributed by atoms with Crippen molar-refractivity contribution < 1.29 is 14.7 Å². The van der Waals surface area contributed by atoms with E-state index >= 15 is 0 Å². The van der Waals surface area contributed by atoms with E-state index in [1.807, 2.05) is 0 Å². The van der Waals surface area contributed by atoms with Crippen molar-refractivity contribution in [3.63, 3.8) is 0 Å². The Morgan fingerprint density at radius 3 is 2.43 bits per heavy atom. The molecule has 0 aliphatic rings. The van der Waals surface area contributed by atoms with Crippen molar-refractivity contribution in [1.29, 1.82) is 0 Å². The van der Waals surface area contributed by atoms with E-state index in [1.165, 1.54) is 0 Å². The first-order valence-electron chi connectivity index (χ1n) is 5.08. The zero-order valence-electron chi connectivity index (χ0n) is 8.66. The van der Waals surface area contributed by atoms with Crippen molar-refractivity contribution in [2.75, 3.05) is 0 Å². The number of aliphatic carboxylic acids is 1. The van der Waals surface area contributed by atoms with Gasteiger partial charge in [0.1, 0.15) is 11.8 Å². The molecular formula is C10H19NO3. The summed E-state index contributed by atoms with van der Waals surface area (Å²) in [7, 11) is 0. The predicted molar refractivity (Wildman–Crippen MR) is 54.0 cm³/mol. The Morgan fingerprint density at radius 1 is 1.29 bits per heavy atom. The molecule has 0 aromatic carbocycles. The summed E-state index contributed by atoms with van der Waals surface area (Å²) in [6, 6.07) is -0.898.